The predicted octanol–water partition coefficient (Wildman–Crippen LogP) is 3.26. The van der Waals surface area contributed by atoms with E-state index in [0.717, 1.165) is 11.6 Å². The molecule has 0 aromatic heterocycles. The van der Waals surface area contributed by atoms with E-state index >= 15 is 0 Å². The summed E-state index contributed by atoms with van der Waals surface area (Å²) in [4.78, 5) is 12.0. The van der Waals surface area contributed by atoms with Crippen molar-refractivity contribution in [2.24, 2.45) is 0 Å². The summed E-state index contributed by atoms with van der Waals surface area (Å²) >= 11 is 0. The average molecular weight is 254 g/mol. The first-order valence-electron chi connectivity index (χ1n) is 5.68. The summed E-state index contributed by atoms with van der Waals surface area (Å²) < 4.78 is 13.0. The van der Waals surface area contributed by atoms with Crippen LogP contribution in [0.2, 0.25) is 0 Å². The van der Waals surface area contributed by atoms with E-state index < -0.39 is 5.82 Å². The minimum atomic E-state index is -0.509. The van der Waals surface area contributed by atoms with Crippen molar-refractivity contribution < 1.29 is 9.18 Å². The molecule has 0 bridgehead atoms. The number of nitrogens with zero attached hydrogens (tertiary/aromatic N) is 1. The fourth-order valence-corrected chi connectivity index (χ4v) is 1.70. The molecule has 1 N–H and O–H groups in total. The van der Waals surface area contributed by atoms with Crippen molar-refractivity contribution in [2.45, 2.75) is 6.92 Å². The van der Waals surface area contributed by atoms with Crippen LogP contribution in [0.1, 0.15) is 21.5 Å². The third-order valence-corrected chi connectivity index (χ3v) is 2.63. The number of nitriles is 1. The molecule has 19 heavy (non-hydrogen) atoms. The zero-order valence-electron chi connectivity index (χ0n) is 10.3. The first-order valence-corrected chi connectivity index (χ1v) is 5.68. The van der Waals surface area contributed by atoms with Gasteiger partial charge >= 0.3 is 0 Å². The molecule has 2 rings (SSSR count). The Morgan fingerprint density at radius 3 is 2.74 bits per heavy atom. The minimum Gasteiger partial charge on any atom is -0.321 e. The van der Waals surface area contributed by atoms with E-state index in [-0.39, 0.29) is 11.5 Å². The van der Waals surface area contributed by atoms with Gasteiger partial charge in [-0.25, -0.2) is 4.39 Å². The number of amides is 1. The van der Waals surface area contributed by atoms with Gasteiger partial charge in [-0.3, -0.25) is 4.79 Å². The summed E-state index contributed by atoms with van der Waals surface area (Å²) in [5.41, 5.74) is 1.86. The molecule has 2 aromatic carbocycles. The summed E-state index contributed by atoms with van der Waals surface area (Å²) in [6, 6.07) is 12.6. The Kier molecular flexibility index (Phi) is 3.58. The Hall–Kier alpha value is -2.67. The molecule has 1 amide bonds. The van der Waals surface area contributed by atoms with Gasteiger partial charge in [0, 0.05) is 5.56 Å². The standard InChI is InChI=1S/C15H11FN2O/c1-10-3-2-4-11(7-10)15(19)18-14-6-5-13(16)8-12(14)9-17/h2-8H,1H3,(H,18,19). The van der Waals surface area contributed by atoms with E-state index in [0.29, 0.717) is 11.3 Å². The molecule has 0 aliphatic rings. The second kappa shape index (κ2) is 5.32. The molecule has 0 fully saturated rings. The van der Waals surface area contributed by atoms with Crippen molar-refractivity contribution in [2.75, 3.05) is 5.32 Å². The molecule has 4 heteroatoms. The van der Waals surface area contributed by atoms with E-state index in [2.05, 4.69) is 5.32 Å². The van der Waals surface area contributed by atoms with Gasteiger partial charge in [0.05, 0.1) is 11.3 Å². The Bertz CT molecular complexity index is 674. The SMILES string of the molecule is Cc1cccc(C(=O)Nc2ccc(F)cc2C#N)c1. The van der Waals surface area contributed by atoms with Crippen LogP contribution in [-0.2, 0) is 0 Å². The molecule has 2 aromatic rings. The number of anilines is 1. The normalized spacial score (nSPS) is 9.74. The van der Waals surface area contributed by atoms with Crippen LogP contribution in [0.15, 0.2) is 42.5 Å². The van der Waals surface area contributed by atoms with Gasteiger partial charge in [0.1, 0.15) is 11.9 Å². The molecule has 3 nitrogen and oxygen atoms in total. The Labute approximate surface area is 110 Å². The number of hydrogen-bond acceptors (Lipinski definition) is 2. The molecule has 0 unspecified atom stereocenters. The highest BCUT2D eigenvalue weighted by Gasteiger charge is 2.09. The highest BCUT2D eigenvalue weighted by molar-refractivity contribution is 6.05. The average Bonchev–Trinajstić information content (AvgIpc) is 2.40. The van der Waals surface area contributed by atoms with Crippen molar-refractivity contribution >= 4 is 11.6 Å². The fraction of sp³-hybridized carbons (Fsp3) is 0.0667. The molecular formula is C15H11FN2O. The maximum atomic E-state index is 13.0. The number of aryl methyl sites for hydroxylation is 1. The van der Waals surface area contributed by atoms with Gasteiger partial charge in [-0.2, -0.15) is 5.26 Å². The fourth-order valence-electron chi connectivity index (χ4n) is 1.70. The summed E-state index contributed by atoms with van der Waals surface area (Å²) in [6.07, 6.45) is 0. The zero-order chi connectivity index (χ0) is 13.8. The lowest BCUT2D eigenvalue weighted by molar-refractivity contribution is 0.102. The molecule has 0 aliphatic carbocycles. The molecule has 0 radical (unpaired) electrons. The van der Waals surface area contributed by atoms with Crippen LogP contribution in [-0.4, -0.2) is 5.91 Å². The second-order valence-corrected chi connectivity index (χ2v) is 4.13. The zero-order valence-corrected chi connectivity index (χ0v) is 10.3. The van der Waals surface area contributed by atoms with Gasteiger partial charge in [0.15, 0.2) is 0 Å². The number of rotatable bonds is 2. The van der Waals surface area contributed by atoms with Crippen LogP contribution in [0, 0.1) is 24.1 Å². The Morgan fingerprint density at radius 2 is 2.05 bits per heavy atom. The van der Waals surface area contributed by atoms with E-state index in [9.17, 15) is 9.18 Å². The predicted molar refractivity (Wildman–Crippen MR) is 70.2 cm³/mol. The highest BCUT2D eigenvalue weighted by atomic mass is 19.1. The molecule has 0 saturated carbocycles. The summed E-state index contributed by atoms with van der Waals surface area (Å²) in [6.45, 7) is 1.88. The maximum absolute atomic E-state index is 13.0. The largest absolute Gasteiger partial charge is 0.321 e. The van der Waals surface area contributed by atoms with Crippen LogP contribution in [0.3, 0.4) is 0 Å². The van der Waals surface area contributed by atoms with Crippen molar-refractivity contribution in [1.29, 1.82) is 5.26 Å². The molecule has 0 spiro atoms. The highest BCUT2D eigenvalue weighted by Crippen LogP contribution is 2.17. The molecule has 0 atom stereocenters. The van der Waals surface area contributed by atoms with Crippen LogP contribution < -0.4 is 5.32 Å². The van der Waals surface area contributed by atoms with Crippen LogP contribution in [0.5, 0.6) is 0 Å². The van der Waals surface area contributed by atoms with Gasteiger partial charge in [-0.15, -0.1) is 0 Å². The number of hydrogen-bond donors (Lipinski definition) is 1. The van der Waals surface area contributed by atoms with Crippen molar-refractivity contribution in [3.05, 3.63) is 65.0 Å². The first kappa shape index (κ1) is 12.8. The van der Waals surface area contributed by atoms with Crippen molar-refractivity contribution in [3.8, 4) is 6.07 Å². The number of nitrogens with one attached hydrogen (secondary N) is 1. The number of carbonyl (C=O) groups excluding carboxylic acids is 1. The third kappa shape index (κ3) is 2.96. The minimum absolute atomic E-state index is 0.0982. The van der Waals surface area contributed by atoms with E-state index in [1.807, 2.05) is 19.1 Å². The quantitative estimate of drug-likeness (QED) is 0.894. The molecular weight excluding hydrogens is 243 g/mol. The topological polar surface area (TPSA) is 52.9 Å². The van der Waals surface area contributed by atoms with E-state index in [1.165, 1.54) is 12.1 Å². The number of halogens is 1. The van der Waals surface area contributed by atoms with Gasteiger partial charge in [-0.1, -0.05) is 17.7 Å². The van der Waals surface area contributed by atoms with Crippen LogP contribution in [0.4, 0.5) is 10.1 Å². The lowest BCUT2D eigenvalue weighted by atomic mass is 10.1. The van der Waals surface area contributed by atoms with Crippen molar-refractivity contribution in [3.63, 3.8) is 0 Å². The lowest BCUT2D eigenvalue weighted by Crippen LogP contribution is -2.13. The second-order valence-electron chi connectivity index (χ2n) is 4.13. The first-order chi connectivity index (χ1) is 9.10. The van der Waals surface area contributed by atoms with Gasteiger partial charge in [0.2, 0.25) is 0 Å². The van der Waals surface area contributed by atoms with E-state index in [4.69, 9.17) is 5.26 Å². The molecule has 94 valence electrons. The smallest absolute Gasteiger partial charge is 0.255 e. The Balaban J connectivity index is 2.27. The number of carbonyl (C=O) groups is 1. The summed E-state index contributed by atoms with van der Waals surface area (Å²) in [7, 11) is 0. The Morgan fingerprint density at radius 1 is 1.26 bits per heavy atom. The van der Waals surface area contributed by atoms with Crippen LogP contribution in [0.25, 0.3) is 0 Å². The molecule has 0 saturated heterocycles. The van der Waals surface area contributed by atoms with Gasteiger partial charge in [-0.05, 0) is 37.3 Å². The van der Waals surface area contributed by atoms with Gasteiger partial charge in [0.25, 0.3) is 5.91 Å². The maximum Gasteiger partial charge on any atom is 0.255 e. The summed E-state index contributed by atoms with van der Waals surface area (Å²) in [5.74, 6) is -0.836. The van der Waals surface area contributed by atoms with E-state index in [1.54, 1.807) is 18.2 Å². The summed E-state index contributed by atoms with van der Waals surface area (Å²) in [5, 5.41) is 11.5. The molecule has 0 aliphatic heterocycles. The number of benzene rings is 2. The molecule has 0 heterocycles. The monoisotopic (exact) mass is 254 g/mol. The lowest BCUT2D eigenvalue weighted by Gasteiger charge is -2.07. The third-order valence-electron chi connectivity index (χ3n) is 2.63. The van der Waals surface area contributed by atoms with Gasteiger partial charge < -0.3 is 5.32 Å². The van der Waals surface area contributed by atoms with Crippen LogP contribution >= 0.6 is 0 Å². The van der Waals surface area contributed by atoms with Crippen molar-refractivity contribution in [1.82, 2.24) is 0 Å².